The van der Waals surface area contributed by atoms with Gasteiger partial charge >= 0.3 is 0 Å². The first-order valence-electron chi connectivity index (χ1n) is 6.60. The molecule has 0 spiro atoms. The highest BCUT2D eigenvalue weighted by molar-refractivity contribution is 9.10. The van der Waals surface area contributed by atoms with E-state index in [9.17, 15) is 4.79 Å². The molecule has 0 aliphatic carbocycles. The lowest BCUT2D eigenvalue weighted by Crippen LogP contribution is -2.32. The maximum atomic E-state index is 12.7. The molecule has 0 aromatic heterocycles. The van der Waals surface area contributed by atoms with Crippen LogP contribution in [-0.4, -0.2) is 24.0 Å². The minimum atomic E-state index is -0.0818. The third kappa shape index (κ3) is 3.06. The Labute approximate surface area is 136 Å². The molecule has 2 aromatic rings. The maximum absolute atomic E-state index is 12.7. The predicted octanol–water partition coefficient (Wildman–Crippen LogP) is 4.14. The molecular formula is C16H13BrClNO2. The van der Waals surface area contributed by atoms with E-state index >= 15 is 0 Å². The predicted molar refractivity (Wildman–Crippen MR) is 85.8 cm³/mol. The summed E-state index contributed by atoms with van der Waals surface area (Å²) in [5.74, 6) is 0.759. The number of benzene rings is 2. The normalized spacial score (nSPS) is 14.1. The van der Waals surface area contributed by atoms with E-state index in [0.717, 1.165) is 15.8 Å². The molecule has 0 atom stereocenters. The molecule has 1 aliphatic heterocycles. The summed E-state index contributed by atoms with van der Waals surface area (Å²) in [5, 5.41) is 0.460. The van der Waals surface area contributed by atoms with Crippen molar-refractivity contribution in [2.45, 2.75) is 6.54 Å². The van der Waals surface area contributed by atoms with Crippen LogP contribution < -0.4 is 4.74 Å². The Morgan fingerprint density at radius 1 is 1.24 bits per heavy atom. The van der Waals surface area contributed by atoms with Crippen molar-refractivity contribution < 1.29 is 9.53 Å². The molecule has 5 heteroatoms. The molecule has 0 saturated heterocycles. The zero-order chi connectivity index (χ0) is 14.8. The number of rotatable bonds is 1. The highest BCUT2D eigenvalue weighted by atomic mass is 79.9. The van der Waals surface area contributed by atoms with Gasteiger partial charge in [0.1, 0.15) is 12.4 Å². The highest BCUT2D eigenvalue weighted by Crippen LogP contribution is 2.26. The molecular weight excluding hydrogens is 354 g/mol. The zero-order valence-electron chi connectivity index (χ0n) is 11.2. The first-order valence-corrected chi connectivity index (χ1v) is 7.77. The second-order valence-electron chi connectivity index (χ2n) is 4.81. The van der Waals surface area contributed by atoms with Crippen molar-refractivity contribution in [1.29, 1.82) is 0 Å². The number of fused-ring (bicyclic) bond motifs is 1. The number of ether oxygens (including phenoxy) is 1. The standard InChI is InChI=1S/C16H13BrClNO2/c17-12-5-6-14(18)13(9-12)16(20)19-7-8-21-15-4-2-1-3-11(15)10-19/h1-6,9H,7-8,10H2. The molecule has 0 saturated carbocycles. The number of carbonyl (C=O) groups is 1. The smallest absolute Gasteiger partial charge is 0.255 e. The van der Waals surface area contributed by atoms with E-state index in [2.05, 4.69) is 15.9 Å². The average Bonchev–Trinajstić information content (AvgIpc) is 2.71. The van der Waals surface area contributed by atoms with Gasteiger partial charge < -0.3 is 9.64 Å². The fraction of sp³-hybridized carbons (Fsp3) is 0.188. The summed E-state index contributed by atoms with van der Waals surface area (Å²) >= 11 is 9.53. The molecule has 1 aliphatic rings. The Morgan fingerprint density at radius 3 is 2.90 bits per heavy atom. The van der Waals surface area contributed by atoms with Gasteiger partial charge in [-0.15, -0.1) is 0 Å². The molecule has 0 bridgehead atoms. The van der Waals surface area contributed by atoms with Crippen LogP contribution in [0.2, 0.25) is 5.02 Å². The van der Waals surface area contributed by atoms with Crippen LogP contribution in [0.5, 0.6) is 5.75 Å². The van der Waals surface area contributed by atoms with E-state index in [-0.39, 0.29) is 5.91 Å². The molecule has 1 heterocycles. The van der Waals surface area contributed by atoms with Crippen molar-refractivity contribution in [1.82, 2.24) is 4.90 Å². The summed E-state index contributed by atoms with van der Waals surface area (Å²) in [6, 6.07) is 13.1. The van der Waals surface area contributed by atoms with Gasteiger partial charge in [0.15, 0.2) is 0 Å². The van der Waals surface area contributed by atoms with Gasteiger partial charge in [-0.1, -0.05) is 45.7 Å². The van der Waals surface area contributed by atoms with E-state index in [1.165, 1.54) is 0 Å². The van der Waals surface area contributed by atoms with Gasteiger partial charge in [0, 0.05) is 16.6 Å². The van der Waals surface area contributed by atoms with Crippen LogP contribution in [0.25, 0.3) is 0 Å². The van der Waals surface area contributed by atoms with E-state index in [1.807, 2.05) is 30.3 Å². The summed E-state index contributed by atoms with van der Waals surface area (Å²) < 4.78 is 6.52. The first-order chi connectivity index (χ1) is 10.1. The van der Waals surface area contributed by atoms with Crippen molar-refractivity contribution in [3.05, 3.63) is 63.1 Å². The van der Waals surface area contributed by atoms with Crippen LogP contribution in [0, 0.1) is 0 Å². The summed E-state index contributed by atoms with van der Waals surface area (Å²) in [7, 11) is 0. The van der Waals surface area contributed by atoms with Gasteiger partial charge in [0.25, 0.3) is 5.91 Å². The van der Waals surface area contributed by atoms with Crippen molar-refractivity contribution in [2.75, 3.05) is 13.2 Å². The van der Waals surface area contributed by atoms with Gasteiger partial charge in [-0.05, 0) is 24.3 Å². The number of amides is 1. The van der Waals surface area contributed by atoms with Gasteiger partial charge in [-0.25, -0.2) is 0 Å². The monoisotopic (exact) mass is 365 g/mol. The number of halogens is 2. The van der Waals surface area contributed by atoms with Crippen LogP contribution in [0.3, 0.4) is 0 Å². The third-order valence-corrected chi connectivity index (χ3v) is 4.22. The number of hydrogen-bond acceptors (Lipinski definition) is 2. The second kappa shape index (κ2) is 6.08. The van der Waals surface area contributed by atoms with E-state index < -0.39 is 0 Å². The molecule has 3 nitrogen and oxygen atoms in total. The number of hydrogen-bond donors (Lipinski definition) is 0. The van der Waals surface area contributed by atoms with Crippen LogP contribution in [-0.2, 0) is 6.54 Å². The molecule has 0 N–H and O–H groups in total. The fourth-order valence-corrected chi connectivity index (χ4v) is 2.89. The largest absolute Gasteiger partial charge is 0.491 e. The lowest BCUT2D eigenvalue weighted by molar-refractivity contribution is 0.0733. The lowest BCUT2D eigenvalue weighted by atomic mass is 10.1. The summed E-state index contributed by atoms with van der Waals surface area (Å²) in [4.78, 5) is 14.5. The van der Waals surface area contributed by atoms with Crippen LogP contribution in [0.15, 0.2) is 46.9 Å². The molecule has 2 aromatic carbocycles. The number of nitrogens with zero attached hydrogens (tertiary/aromatic N) is 1. The molecule has 3 rings (SSSR count). The molecule has 21 heavy (non-hydrogen) atoms. The minimum Gasteiger partial charge on any atom is -0.491 e. The van der Waals surface area contributed by atoms with Gasteiger partial charge in [0.05, 0.1) is 17.1 Å². The summed E-state index contributed by atoms with van der Waals surface area (Å²) in [6.45, 7) is 1.54. The highest BCUT2D eigenvalue weighted by Gasteiger charge is 2.22. The molecule has 1 amide bonds. The summed E-state index contributed by atoms with van der Waals surface area (Å²) in [6.07, 6.45) is 0. The van der Waals surface area contributed by atoms with Crippen LogP contribution in [0.1, 0.15) is 15.9 Å². The Balaban J connectivity index is 1.90. The fourth-order valence-electron chi connectivity index (χ4n) is 2.33. The van der Waals surface area contributed by atoms with Crippen LogP contribution >= 0.6 is 27.5 Å². The van der Waals surface area contributed by atoms with Crippen molar-refractivity contribution in [3.8, 4) is 5.75 Å². The van der Waals surface area contributed by atoms with Gasteiger partial charge in [0.2, 0.25) is 0 Å². The quantitative estimate of drug-likeness (QED) is 0.759. The van der Waals surface area contributed by atoms with Crippen LogP contribution in [0.4, 0.5) is 0 Å². The number of carbonyl (C=O) groups excluding carboxylic acids is 1. The van der Waals surface area contributed by atoms with Crippen molar-refractivity contribution in [3.63, 3.8) is 0 Å². The maximum Gasteiger partial charge on any atom is 0.255 e. The van der Waals surface area contributed by atoms with Crippen molar-refractivity contribution >= 4 is 33.4 Å². The summed E-state index contributed by atoms with van der Waals surface area (Å²) in [5.41, 5.74) is 1.51. The molecule has 0 radical (unpaired) electrons. The zero-order valence-corrected chi connectivity index (χ0v) is 13.5. The average molecular weight is 367 g/mol. The molecule has 0 fully saturated rings. The Morgan fingerprint density at radius 2 is 2.05 bits per heavy atom. The second-order valence-corrected chi connectivity index (χ2v) is 6.13. The Hall–Kier alpha value is -1.52. The van der Waals surface area contributed by atoms with Crippen molar-refractivity contribution in [2.24, 2.45) is 0 Å². The number of para-hydroxylation sites is 1. The molecule has 0 unspecified atom stereocenters. The Bertz CT molecular complexity index is 690. The van der Waals surface area contributed by atoms with Gasteiger partial charge in [-0.3, -0.25) is 4.79 Å². The molecule has 108 valence electrons. The first kappa shape index (κ1) is 14.4. The van der Waals surface area contributed by atoms with Gasteiger partial charge in [-0.2, -0.15) is 0 Å². The van der Waals surface area contributed by atoms with E-state index in [4.69, 9.17) is 16.3 Å². The SMILES string of the molecule is O=C(c1cc(Br)ccc1Cl)N1CCOc2ccccc2C1. The van der Waals surface area contributed by atoms with E-state index in [0.29, 0.717) is 30.3 Å². The van der Waals surface area contributed by atoms with E-state index in [1.54, 1.807) is 17.0 Å². The minimum absolute atomic E-state index is 0.0818. The third-order valence-electron chi connectivity index (χ3n) is 3.40. The lowest BCUT2D eigenvalue weighted by Gasteiger charge is -2.20. The Kier molecular flexibility index (Phi) is 4.17. The topological polar surface area (TPSA) is 29.5 Å².